The van der Waals surface area contributed by atoms with Gasteiger partial charge in [-0.3, -0.25) is 4.79 Å². The number of rotatable bonds is 5. The van der Waals surface area contributed by atoms with Crippen LogP contribution >= 0.6 is 0 Å². The summed E-state index contributed by atoms with van der Waals surface area (Å²) in [7, 11) is 0. The molecule has 1 aromatic heterocycles. The minimum Gasteiger partial charge on any atom is -0.353 e. The van der Waals surface area contributed by atoms with Crippen molar-refractivity contribution in [3.8, 4) is 0 Å². The molecule has 1 unspecified atom stereocenters. The maximum atomic E-state index is 12.5. The minimum atomic E-state index is -0.175. The molecule has 3 amide bonds. The van der Waals surface area contributed by atoms with Gasteiger partial charge in [0.15, 0.2) is 0 Å². The van der Waals surface area contributed by atoms with E-state index >= 15 is 0 Å². The van der Waals surface area contributed by atoms with E-state index in [0.717, 1.165) is 25.9 Å². The molecule has 1 aromatic carbocycles. The molecule has 2 aromatic rings. The Morgan fingerprint density at radius 2 is 1.84 bits per heavy atom. The van der Waals surface area contributed by atoms with Gasteiger partial charge in [0.05, 0.1) is 0 Å². The van der Waals surface area contributed by atoms with Crippen molar-refractivity contribution in [2.75, 3.05) is 19.6 Å². The molecule has 0 spiro atoms. The number of carbonyl (C=O) groups is 2. The molecule has 0 saturated carbocycles. The summed E-state index contributed by atoms with van der Waals surface area (Å²) >= 11 is 0. The fraction of sp³-hybridized carbons (Fsp3) is 0.368. The zero-order valence-corrected chi connectivity index (χ0v) is 14.2. The van der Waals surface area contributed by atoms with Crippen LogP contribution in [0, 0.1) is 0 Å². The predicted molar refractivity (Wildman–Crippen MR) is 96.3 cm³/mol. The lowest BCUT2D eigenvalue weighted by Crippen LogP contribution is -2.52. The van der Waals surface area contributed by atoms with Crippen LogP contribution in [0.2, 0.25) is 0 Å². The largest absolute Gasteiger partial charge is 0.353 e. The Balaban J connectivity index is 1.44. The zero-order chi connectivity index (χ0) is 17.5. The van der Waals surface area contributed by atoms with E-state index in [1.807, 2.05) is 64.3 Å². The second kappa shape index (κ2) is 8.37. The van der Waals surface area contributed by atoms with Gasteiger partial charge in [0.2, 0.25) is 0 Å². The molecule has 25 heavy (non-hydrogen) atoms. The van der Waals surface area contributed by atoms with Crippen molar-refractivity contribution in [2.24, 2.45) is 0 Å². The van der Waals surface area contributed by atoms with Crippen LogP contribution in [0.25, 0.3) is 0 Å². The maximum Gasteiger partial charge on any atom is 0.315 e. The summed E-state index contributed by atoms with van der Waals surface area (Å²) in [5, 5.41) is 5.85. The van der Waals surface area contributed by atoms with E-state index in [1.54, 1.807) is 0 Å². The predicted octanol–water partition coefficient (Wildman–Crippen LogP) is 2.09. The Hall–Kier alpha value is -2.76. The average molecular weight is 340 g/mol. The van der Waals surface area contributed by atoms with Crippen molar-refractivity contribution in [1.29, 1.82) is 0 Å². The molecule has 132 valence electrons. The quantitative estimate of drug-likeness (QED) is 0.875. The number of carbonyl (C=O) groups excluding carboxylic acids is 2. The molecule has 1 saturated heterocycles. The second-order valence-corrected chi connectivity index (χ2v) is 6.28. The number of nitrogens with zero attached hydrogens (tertiary/aromatic N) is 2. The highest BCUT2D eigenvalue weighted by molar-refractivity contribution is 5.94. The van der Waals surface area contributed by atoms with E-state index in [4.69, 9.17) is 0 Å². The first-order chi connectivity index (χ1) is 12.2. The summed E-state index contributed by atoms with van der Waals surface area (Å²) in [6.45, 7) is 2.60. The molecule has 1 atom stereocenters. The van der Waals surface area contributed by atoms with Crippen molar-refractivity contribution < 1.29 is 9.59 Å². The summed E-state index contributed by atoms with van der Waals surface area (Å²) in [6, 6.07) is 13.0. The first kappa shape index (κ1) is 17.1. The number of piperidine rings is 1. The van der Waals surface area contributed by atoms with Crippen LogP contribution in [0.5, 0.6) is 0 Å². The van der Waals surface area contributed by atoms with Crippen LogP contribution in [0.15, 0.2) is 54.9 Å². The number of hydrogen-bond acceptors (Lipinski definition) is 2. The van der Waals surface area contributed by atoms with Gasteiger partial charge in [0.1, 0.15) is 0 Å². The Bertz CT molecular complexity index is 685. The van der Waals surface area contributed by atoms with Gasteiger partial charge in [-0.2, -0.15) is 0 Å². The summed E-state index contributed by atoms with van der Waals surface area (Å²) in [5.74, 6) is 0.0279. The van der Waals surface area contributed by atoms with E-state index < -0.39 is 0 Å². The fourth-order valence-electron chi connectivity index (χ4n) is 3.10. The number of likely N-dealkylation sites (tertiary alicyclic amines) is 1. The summed E-state index contributed by atoms with van der Waals surface area (Å²) in [4.78, 5) is 26.4. The Labute approximate surface area is 147 Å². The molecule has 2 heterocycles. The summed E-state index contributed by atoms with van der Waals surface area (Å²) in [5.41, 5.74) is 0.694. The van der Waals surface area contributed by atoms with Crippen LogP contribution in [-0.2, 0) is 6.54 Å². The van der Waals surface area contributed by atoms with E-state index in [0.29, 0.717) is 18.7 Å². The van der Waals surface area contributed by atoms with Crippen LogP contribution in [0.1, 0.15) is 23.2 Å². The van der Waals surface area contributed by atoms with Crippen molar-refractivity contribution in [3.63, 3.8) is 0 Å². The highest BCUT2D eigenvalue weighted by atomic mass is 16.2. The van der Waals surface area contributed by atoms with Gasteiger partial charge in [0, 0.05) is 50.2 Å². The van der Waals surface area contributed by atoms with Crippen LogP contribution in [0.4, 0.5) is 4.79 Å². The first-order valence-electron chi connectivity index (χ1n) is 8.72. The molecule has 0 radical (unpaired) electrons. The lowest BCUT2D eigenvalue weighted by Gasteiger charge is -2.33. The van der Waals surface area contributed by atoms with Crippen molar-refractivity contribution >= 4 is 11.9 Å². The second-order valence-electron chi connectivity index (χ2n) is 6.28. The van der Waals surface area contributed by atoms with Gasteiger partial charge in [-0.15, -0.1) is 0 Å². The molecule has 3 rings (SSSR count). The normalized spacial score (nSPS) is 17.1. The molecular weight excluding hydrogens is 316 g/mol. The van der Waals surface area contributed by atoms with Crippen molar-refractivity contribution in [3.05, 3.63) is 60.4 Å². The zero-order valence-electron chi connectivity index (χ0n) is 14.2. The van der Waals surface area contributed by atoms with Gasteiger partial charge in [-0.25, -0.2) is 4.79 Å². The molecule has 0 bridgehead atoms. The van der Waals surface area contributed by atoms with Crippen molar-refractivity contribution in [1.82, 2.24) is 20.1 Å². The van der Waals surface area contributed by atoms with E-state index in [1.165, 1.54) is 0 Å². The minimum absolute atomic E-state index is 0.00649. The van der Waals surface area contributed by atoms with E-state index in [-0.39, 0.29) is 18.0 Å². The van der Waals surface area contributed by atoms with Gasteiger partial charge >= 0.3 is 6.03 Å². The smallest absolute Gasteiger partial charge is 0.315 e. The van der Waals surface area contributed by atoms with Gasteiger partial charge in [0.25, 0.3) is 5.91 Å². The lowest BCUT2D eigenvalue weighted by molar-refractivity contribution is 0.0697. The third kappa shape index (κ3) is 4.86. The first-order valence-corrected chi connectivity index (χ1v) is 8.72. The van der Waals surface area contributed by atoms with Crippen LogP contribution in [-0.4, -0.2) is 47.1 Å². The molecular formula is C19H24N4O2. The highest BCUT2D eigenvalue weighted by Gasteiger charge is 2.25. The number of aromatic nitrogens is 1. The molecule has 6 nitrogen and oxygen atoms in total. The molecule has 6 heteroatoms. The standard InChI is InChI=1S/C19H24N4O2/c24-18(16-7-2-1-3-8-16)23-13-6-9-17(15-23)21-19(25)20-10-14-22-11-4-5-12-22/h1-5,7-8,11-12,17H,6,9-10,13-15H2,(H2,20,21,25). The Morgan fingerprint density at radius 1 is 1.08 bits per heavy atom. The number of benzene rings is 1. The molecule has 1 aliphatic rings. The fourth-order valence-corrected chi connectivity index (χ4v) is 3.10. The number of amides is 3. The van der Waals surface area contributed by atoms with Crippen molar-refractivity contribution in [2.45, 2.75) is 25.4 Å². The Morgan fingerprint density at radius 3 is 2.60 bits per heavy atom. The van der Waals surface area contributed by atoms with Gasteiger partial charge in [-0.1, -0.05) is 18.2 Å². The molecule has 0 aliphatic carbocycles. The maximum absolute atomic E-state index is 12.5. The average Bonchev–Trinajstić information content (AvgIpc) is 3.15. The third-order valence-corrected chi connectivity index (χ3v) is 4.39. The highest BCUT2D eigenvalue weighted by Crippen LogP contribution is 2.13. The number of nitrogens with one attached hydrogen (secondary N) is 2. The number of urea groups is 1. The van der Waals surface area contributed by atoms with Crippen LogP contribution in [0.3, 0.4) is 0 Å². The SMILES string of the molecule is O=C(NCCn1cccc1)NC1CCCN(C(=O)c2ccccc2)C1. The topological polar surface area (TPSA) is 66.4 Å². The molecule has 1 fully saturated rings. The molecule has 1 aliphatic heterocycles. The third-order valence-electron chi connectivity index (χ3n) is 4.39. The Kier molecular flexibility index (Phi) is 5.72. The van der Waals surface area contributed by atoms with Gasteiger partial charge in [-0.05, 0) is 37.1 Å². The van der Waals surface area contributed by atoms with Crippen LogP contribution < -0.4 is 10.6 Å². The molecule has 2 N–H and O–H groups in total. The lowest BCUT2D eigenvalue weighted by atomic mass is 10.0. The monoisotopic (exact) mass is 340 g/mol. The van der Waals surface area contributed by atoms with Gasteiger partial charge < -0.3 is 20.1 Å². The summed E-state index contributed by atoms with van der Waals surface area (Å²) < 4.78 is 2.02. The van der Waals surface area contributed by atoms with E-state index in [2.05, 4.69) is 10.6 Å². The number of hydrogen-bond donors (Lipinski definition) is 2. The van der Waals surface area contributed by atoms with E-state index in [9.17, 15) is 9.59 Å². The summed E-state index contributed by atoms with van der Waals surface area (Å²) in [6.07, 6.45) is 5.72.